The molecule has 2 aromatic carbocycles. The quantitative estimate of drug-likeness (QED) is 0.934. The molecule has 0 bridgehead atoms. The Hall–Kier alpha value is -2.82. The summed E-state index contributed by atoms with van der Waals surface area (Å²) in [6.45, 7) is 0.774. The molecule has 5 heteroatoms. The number of aryl methyl sites for hydroxylation is 2. The third-order valence-electron chi connectivity index (χ3n) is 4.67. The van der Waals surface area contributed by atoms with Crippen molar-refractivity contribution in [3.8, 4) is 5.75 Å². The first kappa shape index (κ1) is 15.7. The van der Waals surface area contributed by atoms with Crippen LogP contribution in [0.2, 0.25) is 0 Å². The van der Waals surface area contributed by atoms with Gasteiger partial charge in [-0.1, -0.05) is 18.2 Å². The van der Waals surface area contributed by atoms with Gasteiger partial charge in [-0.3, -0.25) is 9.59 Å². The first-order valence-corrected chi connectivity index (χ1v) is 8.64. The lowest BCUT2D eigenvalue weighted by Gasteiger charge is -2.35. The van der Waals surface area contributed by atoms with Crippen LogP contribution < -0.4 is 15.0 Å². The summed E-state index contributed by atoms with van der Waals surface area (Å²) in [5.41, 5.74) is 4.15. The fourth-order valence-corrected chi connectivity index (χ4v) is 3.59. The Kier molecular flexibility index (Phi) is 4.14. The summed E-state index contributed by atoms with van der Waals surface area (Å²) in [6, 6.07) is 13.3. The van der Waals surface area contributed by atoms with Crippen molar-refractivity contribution in [2.75, 3.05) is 23.4 Å². The van der Waals surface area contributed by atoms with Crippen LogP contribution in [0, 0.1) is 0 Å². The molecule has 2 amide bonds. The molecule has 0 unspecified atom stereocenters. The van der Waals surface area contributed by atoms with Crippen LogP contribution in [0.25, 0.3) is 0 Å². The second kappa shape index (κ2) is 6.59. The summed E-state index contributed by atoms with van der Waals surface area (Å²) in [7, 11) is 0. The average Bonchev–Trinajstić information content (AvgIpc) is 2.64. The van der Waals surface area contributed by atoms with E-state index in [9.17, 15) is 9.59 Å². The monoisotopic (exact) mass is 336 g/mol. The number of para-hydroxylation sites is 1. The van der Waals surface area contributed by atoms with Gasteiger partial charge in [0.25, 0.3) is 5.91 Å². The van der Waals surface area contributed by atoms with Gasteiger partial charge in [0.1, 0.15) is 5.75 Å². The number of nitrogens with zero attached hydrogens (tertiary/aromatic N) is 1. The highest BCUT2D eigenvalue weighted by Crippen LogP contribution is 2.37. The van der Waals surface area contributed by atoms with Gasteiger partial charge in [-0.15, -0.1) is 0 Å². The summed E-state index contributed by atoms with van der Waals surface area (Å²) in [4.78, 5) is 26.2. The summed E-state index contributed by atoms with van der Waals surface area (Å²) in [6.07, 6.45) is 3.19. The molecule has 0 aliphatic carbocycles. The van der Waals surface area contributed by atoms with E-state index < -0.39 is 0 Å². The SMILES string of the molecule is O=C(COc1ccccc1)Nc1cc2c3c(c1)CCC(=O)N3CCC2. The largest absolute Gasteiger partial charge is 0.484 e. The minimum Gasteiger partial charge on any atom is -0.484 e. The standard InChI is InChI=1S/C20H20N2O3/c23-18(13-25-17-6-2-1-3-7-17)21-16-11-14-5-4-10-22-19(24)9-8-15(12-16)20(14)22/h1-3,6-7,11-12H,4-5,8-10,13H2,(H,21,23). The van der Waals surface area contributed by atoms with Crippen molar-refractivity contribution in [1.82, 2.24) is 0 Å². The molecule has 5 nitrogen and oxygen atoms in total. The van der Waals surface area contributed by atoms with Gasteiger partial charge in [0.15, 0.2) is 6.61 Å². The van der Waals surface area contributed by atoms with Gasteiger partial charge >= 0.3 is 0 Å². The third kappa shape index (κ3) is 3.22. The van der Waals surface area contributed by atoms with Gasteiger partial charge in [0, 0.05) is 18.7 Å². The highest BCUT2D eigenvalue weighted by atomic mass is 16.5. The smallest absolute Gasteiger partial charge is 0.262 e. The zero-order valence-electron chi connectivity index (χ0n) is 14.0. The van der Waals surface area contributed by atoms with E-state index in [1.165, 1.54) is 0 Å². The molecule has 25 heavy (non-hydrogen) atoms. The minimum atomic E-state index is -0.185. The van der Waals surface area contributed by atoms with Gasteiger partial charge in [-0.25, -0.2) is 0 Å². The van der Waals surface area contributed by atoms with Gasteiger partial charge in [0.2, 0.25) is 5.91 Å². The van der Waals surface area contributed by atoms with Crippen molar-refractivity contribution in [3.63, 3.8) is 0 Å². The van der Waals surface area contributed by atoms with Crippen LogP contribution in [-0.4, -0.2) is 25.0 Å². The molecule has 0 spiro atoms. The number of amides is 2. The molecule has 0 fully saturated rings. The zero-order chi connectivity index (χ0) is 17.2. The maximum atomic E-state index is 12.2. The van der Waals surface area contributed by atoms with E-state index >= 15 is 0 Å². The Morgan fingerprint density at radius 1 is 1.08 bits per heavy atom. The Labute approximate surface area is 146 Å². The van der Waals surface area contributed by atoms with Crippen molar-refractivity contribution in [2.45, 2.75) is 25.7 Å². The molecule has 128 valence electrons. The molecular weight excluding hydrogens is 316 g/mol. The molecule has 0 aromatic heterocycles. The average molecular weight is 336 g/mol. The normalized spacial score (nSPS) is 15.5. The van der Waals surface area contributed by atoms with Crippen LogP contribution in [0.4, 0.5) is 11.4 Å². The number of hydrogen-bond acceptors (Lipinski definition) is 3. The van der Waals surface area contributed by atoms with Gasteiger partial charge in [-0.05, 0) is 54.7 Å². The zero-order valence-corrected chi connectivity index (χ0v) is 14.0. The Morgan fingerprint density at radius 2 is 1.84 bits per heavy atom. The molecule has 0 saturated carbocycles. The molecule has 2 aromatic rings. The molecule has 2 aliphatic heterocycles. The number of hydrogen-bond donors (Lipinski definition) is 1. The van der Waals surface area contributed by atoms with Crippen molar-refractivity contribution in [2.24, 2.45) is 0 Å². The molecule has 0 radical (unpaired) electrons. The van der Waals surface area contributed by atoms with E-state index in [0.29, 0.717) is 12.2 Å². The van der Waals surface area contributed by atoms with Gasteiger partial charge in [-0.2, -0.15) is 0 Å². The lowest BCUT2D eigenvalue weighted by molar-refractivity contribution is -0.119. The Bertz CT molecular complexity index is 800. The van der Waals surface area contributed by atoms with Crippen molar-refractivity contribution < 1.29 is 14.3 Å². The van der Waals surface area contributed by atoms with Crippen LogP contribution in [0.5, 0.6) is 5.75 Å². The number of carbonyl (C=O) groups excluding carboxylic acids is 2. The fourth-order valence-electron chi connectivity index (χ4n) is 3.59. The molecular formula is C20H20N2O3. The Balaban J connectivity index is 1.48. The minimum absolute atomic E-state index is 0.0267. The lowest BCUT2D eigenvalue weighted by Crippen LogP contribution is -2.39. The molecule has 2 heterocycles. The van der Waals surface area contributed by atoms with Crippen molar-refractivity contribution in [3.05, 3.63) is 53.6 Å². The second-order valence-electron chi connectivity index (χ2n) is 6.44. The number of benzene rings is 2. The summed E-state index contributed by atoms with van der Waals surface area (Å²) in [5, 5.41) is 2.92. The van der Waals surface area contributed by atoms with Gasteiger partial charge in [0.05, 0.1) is 5.69 Å². The van der Waals surface area contributed by atoms with Crippen molar-refractivity contribution >= 4 is 23.2 Å². The van der Waals surface area contributed by atoms with Crippen LogP contribution in [0.1, 0.15) is 24.0 Å². The molecule has 4 rings (SSSR count). The maximum Gasteiger partial charge on any atom is 0.262 e. The second-order valence-corrected chi connectivity index (χ2v) is 6.44. The summed E-state index contributed by atoms with van der Waals surface area (Å²) >= 11 is 0. The third-order valence-corrected chi connectivity index (χ3v) is 4.67. The topological polar surface area (TPSA) is 58.6 Å². The summed E-state index contributed by atoms with van der Waals surface area (Å²) < 4.78 is 5.49. The van der Waals surface area contributed by atoms with E-state index in [1.54, 1.807) is 0 Å². The van der Waals surface area contributed by atoms with Crippen LogP contribution in [0.15, 0.2) is 42.5 Å². The van der Waals surface area contributed by atoms with Crippen LogP contribution in [-0.2, 0) is 22.4 Å². The highest BCUT2D eigenvalue weighted by molar-refractivity contribution is 5.99. The van der Waals surface area contributed by atoms with E-state index in [2.05, 4.69) is 5.32 Å². The number of rotatable bonds is 4. The van der Waals surface area contributed by atoms with Gasteiger partial charge < -0.3 is 15.0 Å². The molecule has 1 N–H and O–H groups in total. The summed E-state index contributed by atoms with van der Waals surface area (Å²) in [5.74, 6) is 0.699. The van der Waals surface area contributed by atoms with E-state index in [0.717, 1.165) is 48.3 Å². The number of carbonyl (C=O) groups is 2. The number of nitrogens with one attached hydrogen (secondary N) is 1. The first-order valence-electron chi connectivity index (χ1n) is 8.64. The predicted octanol–water partition coefficient (Wildman–Crippen LogP) is 2.93. The molecule has 0 saturated heterocycles. The maximum absolute atomic E-state index is 12.2. The molecule has 0 atom stereocenters. The first-order chi connectivity index (χ1) is 12.2. The fraction of sp³-hybridized carbons (Fsp3) is 0.300. The van der Waals surface area contributed by atoms with Crippen LogP contribution >= 0.6 is 0 Å². The molecule has 2 aliphatic rings. The van der Waals surface area contributed by atoms with E-state index in [-0.39, 0.29) is 18.4 Å². The van der Waals surface area contributed by atoms with Crippen molar-refractivity contribution in [1.29, 1.82) is 0 Å². The lowest BCUT2D eigenvalue weighted by atomic mass is 9.91. The van der Waals surface area contributed by atoms with E-state index in [4.69, 9.17) is 4.74 Å². The number of anilines is 2. The Morgan fingerprint density at radius 3 is 2.64 bits per heavy atom. The number of ether oxygens (including phenoxy) is 1. The predicted molar refractivity (Wildman–Crippen MR) is 96.0 cm³/mol. The van der Waals surface area contributed by atoms with E-state index in [1.807, 2.05) is 47.4 Å². The van der Waals surface area contributed by atoms with Crippen LogP contribution in [0.3, 0.4) is 0 Å². The highest BCUT2D eigenvalue weighted by Gasteiger charge is 2.29.